The number of hydrogen-bond acceptors (Lipinski definition) is 2. The van der Waals surface area contributed by atoms with Crippen molar-refractivity contribution >= 4 is 33.0 Å². The Morgan fingerprint density at radius 1 is 1.50 bits per heavy atom. The lowest BCUT2D eigenvalue weighted by Crippen LogP contribution is -2.12. The summed E-state index contributed by atoms with van der Waals surface area (Å²) in [6, 6.07) is 2.02. The van der Waals surface area contributed by atoms with Crippen molar-refractivity contribution in [1.82, 2.24) is 0 Å². The van der Waals surface area contributed by atoms with E-state index < -0.39 is 0 Å². The van der Waals surface area contributed by atoms with Gasteiger partial charge in [0, 0.05) is 21.7 Å². The average Bonchev–Trinajstić information content (AvgIpc) is 2.77. The van der Waals surface area contributed by atoms with Crippen molar-refractivity contribution in [3.8, 4) is 0 Å². The van der Waals surface area contributed by atoms with Crippen LogP contribution in [0, 0.1) is 5.92 Å². The fourth-order valence-corrected chi connectivity index (χ4v) is 3.50. The maximum Gasteiger partial charge on any atom is 0.141 e. The average molecular weight is 273 g/mol. The van der Waals surface area contributed by atoms with E-state index in [0.29, 0.717) is 18.1 Å². The molecule has 0 N–H and O–H groups in total. The predicted octanol–water partition coefficient (Wildman–Crippen LogP) is 3.81. The SMILES string of the molecule is O=C(Cc1sccc1Br)C1CCCC1. The van der Waals surface area contributed by atoms with E-state index in [1.54, 1.807) is 11.3 Å². The molecule has 0 amide bonds. The third-order valence-electron chi connectivity index (χ3n) is 2.84. The lowest BCUT2D eigenvalue weighted by atomic mass is 10.00. The molecule has 1 aromatic rings. The van der Waals surface area contributed by atoms with Crippen molar-refractivity contribution < 1.29 is 4.79 Å². The van der Waals surface area contributed by atoms with Gasteiger partial charge in [0.2, 0.25) is 0 Å². The van der Waals surface area contributed by atoms with Crippen LogP contribution in [-0.2, 0) is 11.2 Å². The summed E-state index contributed by atoms with van der Waals surface area (Å²) in [6.45, 7) is 0. The highest BCUT2D eigenvalue weighted by atomic mass is 79.9. The second kappa shape index (κ2) is 4.58. The highest BCUT2D eigenvalue weighted by Crippen LogP contribution is 2.29. The van der Waals surface area contributed by atoms with Gasteiger partial charge in [0.25, 0.3) is 0 Å². The third-order valence-corrected chi connectivity index (χ3v) is 4.76. The predicted molar refractivity (Wildman–Crippen MR) is 62.7 cm³/mol. The van der Waals surface area contributed by atoms with E-state index >= 15 is 0 Å². The largest absolute Gasteiger partial charge is 0.299 e. The molecule has 2 rings (SSSR count). The number of hydrogen-bond donors (Lipinski definition) is 0. The Morgan fingerprint density at radius 2 is 2.21 bits per heavy atom. The molecule has 3 heteroatoms. The van der Waals surface area contributed by atoms with E-state index in [2.05, 4.69) is 15.9 Å². The van der Waals surface area contributed by atoms with Crippen LogP contribution >= 0.6 is 27.3 Å². The van der Waals surface area contributed by atoms with Crippen LogP contribution in [0.4, 0.5) is 0 Å². The van der Waals surface area contributed by atoms with Crippen LogP contribution < -0.4 is 0 Å². The number of carbonyl (C=O) groups excluding carboxylic acids is 1. The number of thiophene rings is 1. The molecule has 1 aliphatic rings. The summed E-state index contributed by atoms with van der Waals surface area (Å²) in [5.41, 5.74) is 0. The van der Waals surface area contributed by atoms with Crippen molar-refractivity contribution in [3.63, 3.8) is 0 Å². The first-order valence-electron chi connectivity index (χ1n) is 5.02. The molecule has 0 atom stereocenters. The van der Waals surface area contributed by atoms with Crippen molar-refractivity contribution in [2.45, 2.75) is 32.1 Å². The fraction of sp³-hybridized carbons (Fsp3) is 0.545. The first kappa shape index (κ1) is 10.4. The Bertz CT molecular complexity index is 326. The fourth-order valence-electron chi connectivity index (χ4n) is 2.00. The molecule has 1 fully saturated rings. The molecular formula is C11H13BrOS. The third kappa shape index (κ3) is 2.26. The molecule has 0 spiro atoms. The minimum absolute atomic E-state index is 0.351. The van der Waals surface area contributed by atoms with Gasteiger partial charge in [-0.1, -0.05) is 12.8 Å². The van der Waals surface area contributed by atoms with E-state index in [-0.39, 0.29) is 0 Å². The number of Topliss-reactive ketones (excluding diaryl/α,β-unsaturated/α-hetero) is 1. The smallest absolute Gasteiger partial charge is 0.141 e. The second-order valence-corrected chi connectivity index (χ2v) is 5.67. The zero-order valence-corrected chi connectivity index (χ0v) is 10.4. The summed E-state index contributed by atoms with van der Waals surface area (Å²) < 4.78 is 1.09. The van der Waals surface area contributed by atoms with Crippen LogP contribution in [0.2, 0.25) is 0 Å². The number of ketones is 1. The lowest BCUT2D eigenvalue weighted by Gasteiger charge is -2.06. The van der Waals surface area contributed by atoms with E-state index in [9.17, 15) is 4.79 Å². The maximum atomic E-state index is 11.9. The summed E-state index contributed by atoms with van der Waals surface area (Å²) in [4.78, 5) is 13.0. The molecule has 1 aromatic heterocycles. The molecule has 1 aliphatic carbocycles. The minimum atomic E-state index is 0.351. The number of halogens is 1. The van der Waals surface area contributed by atoms with E-state index in [1.165, 1.54) is 17.7 Å². The zero-order valence-electron chi connectivity index (χ0n) is 7.96. The van der Waals surface area contributed by atoms with Gasteiger partial charge in [0.1, 0.15) is 5.78 Å². The van der Waals surface area contributed by atoms with E-state index in [4.69, 9.17) is 0 Å². The molecule has 0 bridgehead atoms. The standard InChI is InChI=1S/C11H13BrOS/c12-9-5-6-14-11(9)7-10(13)8-3-1-2-4-8/h5-6,8H,1-4,7H2. The lowest BCUT2D eigenvalue weighted by molar-refractivity contribution is -0.121. The van der Waals surface area contributed by atoms with Crippen LogP contribution in [0.15, 0.2) is 15.9 Å². The monoisotopic (exact) mass is 272 g/mol. The van der Waals surface area contributed by atoms with Crippen molar-refractivity contribution in [3.05, 3.63) is 20.8 Å². The van der Waals surface area contributed by atoms with Crippen molar-refractivity contribution in [2.24, 2.45) is 5.92 Å². The van der Waals surface area contributed by atoms with Gasteiger partial charge < -0.3 is 0 Å². The number of carbonyl (C=O) groups is 1. The highest BCUT2D eigenvalue weighted by molar-refractivity contribution is 9.10. The molecule has 0 unspecified atom stereocenters. The normalized spacial score (nSPS) is 17.5. The van der Waals surface area contributed by atoms with Crippen LogP contribution in [0.1, 0.15) is 30.6 Å². The van der Waals surface area contributed by atoms with Gasteiger partial charge in [-0.25, -0.2) is 0 Å². The summed E-state index contributed by atoms with van der Waals surface area (Å²) in [7, 11) is 0. The van der Waals surface area contributed by atoms with Gasteiger partial charge in [-0.15, -0.1) is 11.3 Å². The molecule has 1 nitrogen and oxygen atoms in total. The summed E-state index contributed by atoms with van der Waals surface area (Å²) >= 11 is 5.13. The van der Waals surface area contributed by atoms with Gasteiger partial charge in [-0.2, -0.15) is 0 Å². The van der Waals surface area contributed by atoms with Gasteiger partial charge in [-0.05, 0) is 40.2 Å². The second-order valence-electron chi connectivity index (χ2n) is 3.82. The number of rotatable bonds is 3. The molecule has 0 aromatic carbocycles. The Hall–Kier alpha value is -0.150. The van der Waals surface area contributed by atoms with Gasteiger partial charge in [-0.3, -0.25) is 4.79 Å². The van der Waals surface area contributed by atoms with Gasteiger partial charge in [0.05, 0.1) is 0 Å². The molecule has 76 valence electrons. The topological polar surface area (TPSA) is 17.1 Å². The molecule has 0 radical (unpaired) electrons. The van der Waals surface area contributed by atoms with Crippen LogP contribution in [0.5, 0.6) is 0 Å². The van der Waals surface area contributed by atoms with Crippen LogP contribution in [-0.4, -0.2) is 5.78 Å². The highest BCUT2D eigenvalue weighted by Gasteiger charge is 2.23. The van der Waals surface area contributed by atoms with Gasteiger partial charge >= 0.3 is 0 Å². The molecule has 1 saturated carbocycles. The van der Waals surface area contributed by atoms with Crippen molar-refractivity contribution in [1.29, 1.82) is 0 Å². The summed E-state index contributed by atoms with van der Waals surface area (Å²) in [5, 5.41) is 2.03. The Morgan fingerprint density at radius 3 is 2.79 bits per heavy atom. The van der Waals surface area contributed by atoms with Gasteiger partial charge in [0.15, 0.2) is 0 Å². The summed E-state index contributed by atoms with van der Waals surface area (Å²) in [5.74, 6) is 0.787. The van der Waals surface area contributed by atoms with Crippen molar-refractivity contribution in [2.75, 3.05) is 0 Å². The minimum Gasteiger partial charge on any atom is -0.299 e. The Labute approximate surface area is 96.6 Å². The molecule has 14 heavy (non-hydrogen) atoms. The van der Waals surface area contributed by atoms with E-state index in [1.807, 2.05) is 11.4 Å². The maximum absolute atomic E-state index is 11.9. The zero-order chi connectivity index (χ0) is 9.97. The van der Waals surface area contributed by atoms with Crippen LogP contribution in [0.25, 0.3) is 0 Å². The first-order valence-corrected chi connectivity index (χ1v) is 6.69. The quantitative estimate of drug-likeness (QED) is 0.818. The Kier molecular flexibility index (Phi) is 3.39. The molecule has 1 heterocycles. The Balaban J connectivity index is 1.97. The van der Waals surface area contributed by atoms with E-state index in [0.717, 1.165) is 17.3 Å². The molecular weight excluding hydrogens is 260 g/mol. The first-order chi connectivity index (χ1) is 6.77. The summed E-state index contributed by atoms with van der Waals surface area (Å²) in [6.07, 6.45) is 5.33. The van der Waals surface area contributed by atoms with Crippen LogP contribution in [0.3, 0.4) is 0 Å². The molecule has 0 aliphatic heterocycles. The molecule has 0 saturated heterocycles.